The van der Waals surface area contributed by atoms with Gasteiger partial charge in [0.2, 0.25) is 17.8 Å². The van der Waals surface area contributed by atoms with E-state index in [2.05, 4.69) is 21.6 Å². The summed E-state index contributed by atoms with van der Waals surface area (Å²) in [6, 6.07) is 9.47. The fraction of sp³-hybridized carbons (Fsp3) is 0.269. The van der Waals surface area contributed by atoms with Gasteiger partial charge in [0.25, 0.3) is 0 Å². The predicted molar refractivity (Wildman–Crippen MR) is 149 cm³/mol. The third kappa shape index (κ3) is 4.64. The number of fused-ring (bicyclic) bond motifs is 1. The topological polar surface area (TPSA) is 143 Å². The van der Waals surface area contributed by atoms with E-state index in [9.17, 15) is 14.9 Å². The Labute approximate surface area is 236 Å². The van der Waals surface area contributed by atoms with E-state index in [1.54, 1.807) is 23.1 Å². The molecule has 4 heterocycles. The van der Waals surface area contributed by atoms with Crippen LogP contribution in [0.25, 0.3) is 0 Å². The van der Waals surface area contributed by atoms with Gasteiger partial charge in [-0.3, -0.25) is 14.5 Å². The Balaban J connectivity index is 1.23. The number of thioether (sulfide) groups is 1. The molecule has 39 heavy (non-hydrogen) atoms. The third-order valence-electron chi connectivity index (χ3n) is 6.65. The van der Waals surface area contributed by atoms with Crippen LogP contribution in [0.5, 0.6) is 11.5 Å². The number of aromatic nitrogens is 2. The molecule has 3 aliphatic rings. The molecule has 2 aliphatic heterocycles. The van der Waals surface area contributed by atoms with Crippen molar-refractivity contribution in [3.63, 3.8) is 0 Å². The van der Waals surface area contributed by atoms with E-state index in [-0.39, 0.29) is 30.1 Å². The summed E-state index contributed by atoms with van der Waals surface area (Å²) in [5.74, 6) is 0.945. The SMILES string of the molecule is Cc1ccsc1C1C(C#N)=C(N)N(c2nnc(SCC(=O)Nc3ccc4c(c3)OCO4)s2)C2=C1C(=O)CCC2. The van der Waals surface area contributed by atoms with E-state index >= 15 is 0 Å². The van der Waals surface area contributed by atoms with Crippen LogP contribution in [-0.4, -0.2) is 34.4 Å². The summed E-state index contributed by atoms with van der Waals surface area (Å²) >= 11 is 4.03. The van der Waals surface area contributed by atoms with Crippen LogP contribution < -0.4 is 25.4 Å². The van der Waals surface area contributed by atoms with E-state index in [0.717, 1.165) is 16.1 Å². The van der Waals surface area contributed by atoms with E-state index < -0.39 is 5.92 Å². The molecule has 0 radical (unpaired) electrons. The number of hydrogen-bond donors (Lipinski definition) is 2. The summed E-state index contributed by atoms with van der Waals surface area (Å²) in [7, 11) is 0. The monoisotopic (exact) mass is 578 g/mol. The zero-order valence-corrected chi connectivity index (χ0v) is 23.2. The molecule has 1 amide bonds. The summed E-state index contributed by atoms with van der Waals surface area (Å²) in [5, 5.41) is 24.0. The zero-order chi connectivity index (χ0) is 27.1. The molecule has 0 fully saturated rings. The number of ether oxygens (including phenoxy) is 2. The molecule has 0 bridgehead atoms. The first-order chi connectivity index (χ1) is 18.9. The molecule has 1 unspecified atom stereocenters. The van der Waals surface area contributed by atoms with E-state index in [1.165, 1.54) is 34.4 Å². The molecule has 13 heteroatoms. The number of nitrogens with zero attached hydrogens (tertiary/aromatic N) is 4. The largest absolute Gasteiger partial charge is 0.454 e. The fourth-order valence-corrected chi connectivity index (χ4v) is 7.62. The van der Waals surface area contributed by atoms with Crippen LogP contribution >= 0.6 is 34.4 Å². The number of aryl methyl sites for hydroxylation is 1. The molecular weight excluding hydrogens is 557 g/mol. The van der Waals surface area contributed by atoms with Gasteiger partial charge in [-0.1, -0.05) is 23.1 Å². The number of anilines is 2. The molecule has 198 valence electrons. The van der Waals surface area contributed by atoms with Crippen molar-refractivity contribution in [2.75, 3.05) is 22.8 Å². The number of carbonyl (C=O) groups is 2. The molecule has 1 aliphatic carbocycles. The molecule has 0 spiro atoms. The van der Waals surface area contributed by atoms with Crippen molar-refractivity contribution in [2.24, 2.45) is 5.73 Å². The molecule has 1 atom stereocenters. The van der Waals surface area contributed by atoms with Gasteiger partial charge >= 0.3 is 0 Å². The molecule has 6 rings (SSSR count). The number of thiophene rings is 1. The number of rotatable bonds is 6. The van der Waals surface area contributed by atoms with Crippen LogP contribution in [0, 0.1) is 18.3 Å². The number of allylic oxidation sites excluding steroid dienone is 3. The van der Waals surface area contributed by atoms with E-state index in [4.69, 9.17) is 15.2 Å². The summed E-state index contributed by atoms with van der Waals surface area (Å²) in [4.78, 5) is 28.5. The van der Waals surface area contributed by atoms with Crippen LogP contribution in [-0.2, 0) is 9.59 Å². The minimum absolute atomic E-state index is 0.0265. The van der Waals surface area contributed by atoms with Crippen LogP contribution in [0.4, 0.5) is 10.8 Å². The Hall–Kier alpha value is -3.86. The highest BCUT2D eigenvalue weighted by atomic mass is 32.2. The van der Waals surface area contributed by atoms with Gasteiger partial charge in [0.05, 0.1) is 23.3 Å². The standard InChI is InChI=1S/C26H22N6O4S3/c1-13-7-8-37-23(13)21-15(10-27)24(28)32(16-3-2-4-17(33)22(16)21)25-30-31-26(39-25)38-11-20(34)29-14-5-6-18-19(9-14)36-12-35-18/h5-9,21H,2-4,11-12,28H2,1H3,(H,29,34). The van der Waals surface area contributed by atoms with Gasteiger partial charge in [-0.15, -0.1) is 21.5 Å². The second-order valence-corrected chi connectivity index (χ2v) is 12.2. The number of nitriles is 1. The highest BCUT2D eigenvalue weighted by Crippen LogP contribution is 2.48. The second kappa shape index (κ2) is 10.4. The Morgan fingerprint density at radius 3 is 2.92 bits per heavy atom. The number of nitrogens with one attached hydrogen (secondary N) is 1. The first-order valence-electron chi connectivity index (χ1n) is 12.1. The van der Waals surface area contributed by atoms with Crippen molar-refractivity contribution in [2.45, 2.75) is 36.4 Å². The summed E-state index contributed by atoms with van der Waals surface area (Å²) < 4.78 is 11.2. The minimum atomic E-state index is -0.476. The second-order valence-electron chi connectivity index (χ2n) is 9.04. The number of benzene rings is 1. The van der Waals surface area contributed by atoms with Crippen molar-refractivity contribution in [1.82, 2.24) is 10.2 Å². The molecule has 0 saturated carbocycles. The molecule has 3 aromatic rings. The lowest BCUT2D eigenvalue weighted by Crippen LogP contribution is -2.38. The third-order valence-corrected chi connectivity index (χ3v) is 9.77. The lowest BCUT2D eigenvalue weighted by Gasteiger charge is -2.37. The van der Waals surface area contributed by atoms with Crippen LogP contribution in [0.1, 0.15) is 35.6 Å². The van der Waals surface area contributed by atoms with Crippen LogP contribution in [0.3, 0.4) is 0 Å². The van der Waals surface area contributed by atoms with Crippen LogP contribution in [0.15, 0.2) is 56.6 Å². The zero-order valence-electron chi connectivity index (χ0n) is 20.7. The number of carbonyl (C=O) groups excluding carboxylic acids is 2. The maximum Gasteiger partial charge on any atom is 0.234 e. The molecule has 1 aromatic carbocycles. The lowest BCUT2D eigenvalue weighted by molar-refractivity contribution is -0.116. The van der Waals surface area contributed by atoms with Gasteiger partial charge < -0.3 is 20.5 Å². The summed E-state index contributed by atoms with van der Waals surface area (Å²) in [6.07, 6.45) is 1.77. The quantitative estimate of drug-likeness (QED) is 0.396. The van der Waals surface area contributed by atoms with E-state index in [1.807, 2.05) is 18.4 Å². The minimum Gasteiger partial charge on any atom is -0.454 e. The lowest BCUT2D eigenvalue weighted by atomic mass is 9.78. The van der Waals surface area contributed by atoms with Crippen molar-refractivity contribution in [1.29, 1.82) is 5.26 Å². The molecular formula is C26H22N6O4S3. The van der Waals surface area contributed by atoms with Crippen molar-refractivity contribution in [3.05, 3.63) is 62.8 Å². The first-order valence-corrected chi connectivity index (χ1v) is 14.8. The normalized spacial score (nSPS) is 18.3. The Bertz CT molecular complexity index is 1600. The molecule has 2 aromatic heterocycles. The van der Waals surface area contributed by atoms with Gasteiger partial charge in [0.15, 0.2) is 21.6 Å². The van der Waals surface area contributed by atoms with Crippen molar-refractivity contribution < 1.29 is 19.1 Å². The first kappa shape index (κ1) is 25.4. The van der Waals surface area contributed by atoms with Crippen molar-refractivity contribution in [3.8, 4) is 17.6 Å². The molecule has 10 nitrogen and oxygen atoms in total. The Morgan fingerprint density at radius 2 is 2.13 bits per heavy atom. The number of hydrogen-bond acceptors (Lipinski definition) is 12. The molecule has 0 saturated heterocycles. The van der Waals surface area contributed by atoms with Gasteiger partial charge in [-0.05, 0) is 48.9 Å². The summed E-state index contributed by atoms with van der Waals surface area (Å²) in [6.45, 7) is 2.14. The van der Waals surface area contributed by atoms with Crippen molar-refractivity contribution >= 4 is 56.9 Å². The van der Waals surface area contributed by atoms with Gasteiger partial charge in [0.1, 0.15) is 5.82 Å². The smallest absolute Gasteiger partial charge is 0.234 e. The number of nitrogens with two attached hydrogens (primary N) is 1. The Kier molecular flexibility index (Phi) is 6.76. The van der Waals surface area contributed by atoms with E-state index in [0.29, 0.717) is 57.1 Å². The highest BCUT2D eigenvalue weighted by molar-refractivity contribution is 8.01. The van der Waals surface area contributed by atoms with Gasteiger partial charge in [-0.2, -0.15) is 5.26 Å². The number of Topliss-reactive ketones (excluding diaryl/α,β-unsaturated/α-hetero) is 1. The maximum absolute atomic E-state index is 13.2. The maximum atomic E-state index is 13.2. The fourth-order valence-electron chi connectivity index (χ4n) is 4.90. The average Bonchev–Trinajstić information content (AvgIpc) is 3.68. The highest BCUT2D eigenvalue weighted by Gasteiger charge is 2.42. The predicted octanol–water partition coefficient (Wildman–Crippen LogP) is 4.67. The molecule has 3 N–H and O–H groups in total. The average molecular weight is 579 g/mol. The number of amides is 1. The van der Waals surface area contributed by atoms with Crippen LogP contribution in [0.2, 0.25) is 0 Å². The number of ketones is 1. The Morgan fingerprint density at radius 1 is 1.28 bits per heavy atom. The summed E-state index contributed by atoms with van der Waals surface area (Å²) in [5.41, 5.74) is 9.97. The van der Waals surface area contributed by atoms with Gasteiger partial charge in [-0.25, -0.2) is 0 Å². The van der Waals surface area contributed by atoms with Gasteiger partial charge in [0, 0.05) is 34.3 Å².